The number of hydrogen-bond donors (Lipinski definition) is 1. The Labute approximate surface area is 165 Å². The van der Waals surface area contributed by atoms with Crippen LogP contribution in [0.25, 0.3) is 10.8 Å². The molecule has 0 unspecified atom stereocenters. The van der Waals surface area contributed by atoms with Crippen molar-refractivity contribution in [3.05, 3.63) is 72.3 Å². The third-order valence-electron chi connectivity index (χ3n) is 3.88. The predicted octanol–water partition coefficient (Wildman–Crippen LogP) is 5.74. The average molecular weight is 379 g/mol. The van der Waals surface area contributed by atoms with Crippen LogP contribution in [-0.4, -0.2) is 18.5 Å². The molecule has 0 aliphatic rings. The second kappa shape index (κ2) is 8.76. The summed E-state index contributed by atoms with van der Waals surface area (Å²) < 4.78 is 16.8. The van der Waals surface area contributed by atoms with E-state index in [9.17, 15) is 4.79 Å². The highest BCUT2D eigenvalue weighted by molar-refractivity contribution is 5.95. The number of benzene rings is 3. The lowest BCUT2D eigenvalue weighted by Gasteiger charge is -2.20. The van der Waals surface area contributed by atoms with Crippen molar-refractivity contribution in [2.24, 2.45) is 0 Å². The largest absolute Gasteiger partial charge is 0.467 e. The van der Waals surface area contributed by atoms with Gasteiger partial charge >= 0.3 is 6.09 Å². The number of carbonyl (C=O) groups is 1. The van der Waals surface area contributed by atoms with E-state index in [1.807, 2.05) is 81.4 Å². The minimum atomic E-state index is -0.564. The Morgan fingerprint density at radius 2 is 1.68 bits per heavy atom. The molecule has 1 amide bonds. The molecule has 0 fully saturated rings. The summed E-state index contributed by atoms with van der Waals surface area (Å²) in [6.45, 7) is 6.05. The van der Waals surface area contributed by atoms with Crippen LogP contribution in [0.3, 0.4) is 0 Å². The highest BCUT2D eigenvalue weighted by Gasteiger charge is 2.17. The monoisotopic (exact) mass is 379 g/mol. The third-order valence-corrected chi connectivity index (χ3v) is 3.88. The third kappa shape index (κ3) is 5.72. The molecular formula is C23H25NO4. The molecule has 0 aliphatic carbocycles. The molecule has 0 spiro atoms. The van der Waals surface area contributed by atoms with Crippen molar-refractivity contribution in [1.29, 1.82) is 0 Å². The van der Waals surface area contributed by atoms with Gasteiger partial charge in [0.25, 0.3) is 0 Å². The van der Waals surface area contributed by atoms with E-state index < -0.39 is 11.7 Å². The topological polar surface area (TPSA) is 56.8 Å². The zero-order valence-electron chi connectivity index (χ0n) is 16.4. The van der Waals surface area contributed by atoms with E-state index >= 15 is 0 Å². The van der Waals surface area contributed by atoms with E-state index in [1.165, 1.54) is 0 Å². The molecule has 3 rings (SSSR count). The van der Waals surface area contributed by atoms with Crippen LogP contribution >= 0.6 is 0 Å². The first kappa shape index (κ1) is 19.7. The van der Waals surface area contributed by atoms with Crippen molar-refractivity contribution in [2.75, 3.05) is 12.1 Å². The van der Waals surface area contributed by atoms with Gasteiger partial charge < -0.3 is 14.2 Å². The molecule has 3 aromatic carbocycles. The van der Waals surface area contributed by atoms with Crippen molar-refractivity contribution in [3.8, 4) is 5.75 Å². The standard InChI is InChI=1S/C23H25NO4/c1-23(2,3)28-22(25)24-19-13-18-11-7-8-12-20(18)21(14-19)27-16-26-15-17-9-5-4-6-10-17/h4-14H,15-16H2,1-3H3,(H,24,25). The van der Waals surface area contributed by atoms with Crippen LogP contribution in [0.5, 0.6) is 5.75 Å². The first-order valence-electron chi connectivity index (χ1n) is 9.18. The van der Waals surface area contributed by atoms with Gasteiger partial charge in [0.15, 0.2) is 6.79 Å². The fourth-order valence-electron chi connectivity index (χ4n) is 2.73. The molecule has 0 saturated carbocycles. The molecular weight excluding hydrogens is 354 g/mol. The van der Waals surface area contributed by atoms with E-state index in [-0.39, 0.29) is 6.79 Å². The molecule has 0 aliphatic heterocycles. The lowest BCUT2D eigenvalue weighted by molar-refractivity contribution is 0.00592. The number of carbonyl (C=O) groups excluding carboxylic acids is 1. The van der Waals surface area contributed by atoms with Crippen molar-refractivity contribution in [1.82, 2.24) is 0 Å². The number of rotatable bonds is 6. The number of anilines is 1. The first-order valence-corrected chi connectivity index (χ1v) is 9.18. The predicted molar refractivity (Wildman–Crippen MR) is 111 cm³/mol. The Morgan fingerprint density at radius 3 is 2.43 bits per heavy atom. The fraction of sp³-hybridized carbons (Fsp3) is 0.261. The van der Waals surface area contributed by atoms with Crippen LogP contribution in [0, 0.1) is 0 Å². The van der Waals surface area contributed by atoms with Crippen molar-refractivity contribution in [2.45, 2.75) is 33.0 Å². The highest BCUT2D eigenvalue weighted by atomic mass is 16.7. The van der Waals surface area contributed by atoms with Crippen LogP contribution in [-0.2, 0) is 16.1 Å². The zero-order valence-corrected chi connectivity index (χ0v) is 16.4. The van der Waals surface area contributed by atoms with Gasteiger partial charge in [0.1, 0.15) is 11.4 Å². The Kier molecular flexibility index (Phi) is 6.16. The van der Waals surface area contributed by atoms with E-state index in [0.29, 0.717) is 18.0 Å². The molecule has 28 heavy (non-hydrogen) atoms. The van der Waals surface area contributed by atoms with Crippen LogP contribution in [0.2, 0.25) is 0 Å². The smallest absolute Gasteiger partial charge is 0.412 e. The number of amides is 1. The normalized spacial score (nSPS) is 11.2. The van der Waals surface area contributed by atoms with Gasteiger partial charge in [-0.2, -0.15) is 0 Å². The molecule has 0 radical (unpaired) electrons. The number of fused-ring (bicyclic) bond motifs is 1. The van der Waals surface area contributed by atoms with Crippen LogP contribution in [0.1, 0.15) is 26.3 Å². The molecule has 5 nitrogen and oxygen atoms in total. The Morgan fingerprint density at radius 1 is 0.964 bits per heavy atom. The summed E-state index contributed by atoms with van der Waals surface area (Å²) in [5.74, 6) is 0.636. The number of hydrogen-bond acceptors (Lipinski definition) is 4. The summed E-state index contributed by atoms with van der Waals surface area (Å²) in [7, 11) is 0. The van der Waals surface area contributed by atoms with Crippen LogP contribution < -0.4 is 10.1 Å². The number of nitrogens with one attached hydrogen (secondary N) is 1. The molecule has 146 valence electrons. The maximum Gasteiger partial charge on any atom is 0.412 e. The summed E-state index contributed by atoms with van der Waals surface area (Å²) >= 11 is 0. The Bertz CT molecular complexity index is 932. The van der Waals surface area contributed by atoms with E-state index in [1.54, 1.807) is 6.07 Å². The van der Waals surface area contributed by atoms with Gasteiger partial charge in [0.05, 0.1) is 6.61 Å². The summed E-state index contributed by atoms with van der Waals surface area (Å²) in [4.78, 5) is 12.1. The summed E-state index contributed by atoms with van der Waals surface area (Å²) in [5.41, 5.74) is 1.12. The van der Waals surface area contributed by atoms with E-state index in [0.717, 1.165) is 16.3 Å². The summed E-state index contributed by atoms with van der Waals surface area (Å²) in [6.07, 6.45) is -0.506. The van der Waals surface area contributed by atoms with Crippen molar-refractivity contribution in [3.63, 3.8) is 0 Å². The maximum absolute atomic E-state index is 12.1. The second-order valence-corrected chi connectivity index (χ2v) is 7.42. The lowest BCUT2D eigenvalue weighted by atomic mass is 10.1. The second-order valence-electron chi connectivity index (χ2n) is 7.42. The first-order chi connectivity index (χ1) is 13.4. The van der Waals surface area contributed by atoms with Gasteiger partial charge in [0, 0.05) is 17.1 Å². The molecule has 0 aromatic heterocycles. The Balaban J connectivity index is 1.70. The summed E-state index contributed by atoms with van der Waals surface area (Å²) in [5, 5.41) is 4.66. The summed E-state index contributed by atoms with van der Waals surface area (Å²) in [6, 6.07) is 21.4. The van der Waals surface area contributed by atoms with Crippen LogP contribution in [0.15, 0.2) is 66.7 Å². The highest BCUT2D eigenvalue weighted by Crippen LogP contribution is 2.30. The molecule has 0 atom stereocenters. The van der Waals surface area contributed by atoms with E-state index in [2.05, 4.69) is 5.32 Å². The van der Waals surface area contributed by atoms with Crippen molar-refractivity contribution >= 4 is 22.6 Å². The van der Waals surface area contributed by atoms with Gasteiger partial charge in [-0.1, -0.05) is 54.6 Å². The average Bonchev–Trinajstić information content (AvgIpc) is 2.64. The molecule has 3 aromatic rings. The van der Waals surface area contributed by atoms with Crippen LogP contribution in [0.4, 0.5) is 10.5 Å². The molecule has 0 bridgehead atoms. The lowest BCUT2D eigenvalue weighted by Crippen LogP contribution is -2.27. The molecule has 0 heterocycles. The van der Waals surface area contributed by atoms with Crippen molar-refractivity contribution < 1.29 is 19.0 Å². The minimum absolute atomic E-state index is 0.106. The quantitative estimate of drug-likeness (QED) is 0.438. The Hall–Kier alpha value is -3.05. The molecule has 1 N–H and O–H groups in total. The molecule has 0 saturated heterocycles. The maximum atomic E-state index is 12.1. The number of ether oxygens (including phenoxy) is 3. The van der Waals surface area contributed by atoms with Gasteiger partial charge in [0.2, 0.25) is 0 Å². The minimum Gasteiger partial charge on any atom is -0.467 e. The SMILES string of the molecule is CC(C)(C)OC(=O)Nc1cc(OCOCc2ccccc2)c2ccccc2c1. The zero-order chi connectivity index (χ0) is 20.0. The van der Waals surface area contributed by atoms with Gasteiger partial charge in [-0.3, -0.25) is 5.32 Å². The van der Waals surface area contributed by atoms with Gasteiger partial charge in [-0.25, -0.2) is 4.79 Å². The van der Waals surface area contributed by atoms with Gasteiger partial charge in [-0.15, -0.1) is 0 Å². The van der Waals surface area contributed by atoms with Gasteiger partial charge in [-0.05, 0) is 37.8 Å². The molecule has 5 heteroatoms. The van der Waals surface area contributed by atoms with E-state index in [4.69, 9.17) is 14.2 Å². The fourth-order valence-corrected chi connectivity index (χ4v) is 2.73.